The Bertz CT molecular complexity index is 714. The van der Waals surface area contributed by atoms with E-state index < -0.39 is 5.82 Å². The van der Waals surface area contributed by atoms with Gasteiger partial charge in [-0.1, -0.05) is 17.7 Å². The number of carbonyl (C=O) groups excluding carboxylic acids is 1. The highest BCUT2D eigenvalue weighted by atomic mass is 32.1. The largest absolute Gasteiger partial charge is 0.308 e. The molecule has 2 aromatic rings. The van der Waals surface area contributed by atoms with Crippen molar-refractivity contribution in [3.63, 3.8) is 0 Å². The van der Waals surface area contributed by atoms with E-state index in [1.54, 1.807) is 4.90 Å². The molecule has 0 bridgehead atoms. The molecule has 0 spiro atoms. The lowest BCUT2D eigenvalue weighted by Gasteiger charge is -2.30. The smallest absolute Gasteiger partial charge is 0.258 e. The summed E-state index contributed by atoms with van der Waals surface area (Å²) >= 11 is 4.05. The molecule has 0 aliphatic carbocycles. The van der Waals surface area contributed by atoms with E-state index in [4.69, 9.17) is 0 Å². The molecule has 108 valence electrons. The van der Waals surface area contributed by atoms with Crippen molar-refractivity contribution in [2.75, 3.05) is 11.4 Å². The average Bonchev–Trinajstić information content (AvgIpc) is 2.48. The molecular formula is C17H16FNOS. The van der Waals surface area contributed by atoms with Crippen molar-refractivity contribution < 1.29 is 9.18 Å². The first-order valence-corrected chi connectivity index (χ1v) is 7.41. The van der Waals surface area contributed by atoms with Gasteiger partial charge in [-0.05, 0) is 49.6 Å². The third kappa shape index (κ3) is 2.68. The molecule has 0 saturated heterocycles. The van der Waals surface area contributed by atoms with E-state index in [9.17, 15) is 9.18 Å². The molecule has 21 heavy (non-hydrogen) atoms. The van der Waals surface area contributed by atoms with Crippen LogP contribution >= 0.6 is 12.6 Å². The Hall–Kier alpha value is -1.81. The number of halogens is 1. The molecule has 2 nitrogen and oxygen atoms in total. The lowest BCUT2D eigenvalue weighted by molar-refractivity contribution is 0.0985. The molecule has 1 heterocycles. The molecule has 4 heteroatoms. The van der Waals surface area contributed by atoms with Crippen LogP contribution in [0.1, 0.15) is 27.9 Å². The van der Waals surface area contributed by atoms with Crippen LogP contribution in [0.3, 0.4) is 0 Å². The van der Waals surface area contributed by atoms with E-state index in [1.165, 1.54) is 29.3 Å². The number of rotatable bonds is 1. The third-order valence-electron chi connectivity index (χ3n) is 3.79. The van der Waals surface area contributed by atoms with Gasteiger partial charge in [0.25, 0.3) is 5.91 Å². The first-order chi connectivity index (χ1) is 10.1. The molecule has 0 unspecified atom stereocenters. The van der Waals surface area contributed by atoms with E-state index in [0.29, 0.717) is 12.1 Å². The van der Waals surface area contributed by atoms with Crippen LogP contribution in [0.2, 0.25) is 0 Å². The highest BCUT2D eigenvalue weighted by Crippen LogP contribution is 2.29. The lowest BCUT2D eigenvalue weighted by atomic mass is 9.99. The Morgan fingerprint density at radius 1 is 1.24 bits per heavy atom. The van der Waals surface area contributed by atoms with E-state index in [2.05, 4.69) is 18.7 Å². The number of benzene rings is 2. The first kappa shape index (κ1) is 14.1. The van der Waals surface area contributed by atoms with Gasteiger partial charge < -0.3 is 4.90 Å². The Balaban J connectivity index is 1.98. The van der Waals surface area contributed by atoms with Gasteiger partial charge in [0, 0.05) is 22.7 Å². The van der Waals surface area contributed by atoms with Crippen molar-refractivity contribution >= 4 is 24.2 Å². The molecule has 3 rings (SSSR count). The van der Waals surface area contributed by atoms with Gasteiger partial charge in [0.15, 0.2) is 0 Å². The molecule has 1 aliphatic heterocycles. The highest BCUT2D eigenvalue weighted by Gasteiger charge is 2.23. The molecule has 1 amide bonds. The SMILES string of the molecule is Cc1ccc2c(c1)CCCN2C(=O)c1ccc(F)c(S)c1. The van der Waals surface area contributed by atoms with Gasteiger partial charge in [-0.15, -0.1) is 12.6 Å². The van der Waals surface area contributed by atoms with E-state index in [-0.39, 0.29) is 10.8 Å². The zero-order valence-electron chi connectivity index (χ0n) is 11.8. The molecule has 0 fully saturated rings. The first-order valence-electron chi connectivity index (χ1n) is 6.96. The van der Waals surface area contributed by atoms with Crippen molar-refractivity contribution in [1.82, 2.24) is 0 Å². The number of carbonyl (C=O) groups is 1. The van der Waals surface area contributed by atoms with Gasteiger partial charge in [0.2, 0.25) is 0 Å². The molecule has 0 N–H and O–H groups in total. The highest BCUT2D eigenvalue weighted by molar-refractivity contribution is 7.80. The maximum absolute atomic E-state index is 13.3. The fourth-order valence-electron chi connectivity index (χ4n) is 2.74. The minimum Gasteiger partial charge on any atom is -0.308 e. The van der Waals surface area contributed by atoms with Crippen molar-refractivity contribution in [2.24, 2.45) is 0 Å². The Morgan fingerprint density at radius 3 is 2.81 bits per heavy atom. The number of hydrogen-bond acceptors (Lipinski definition) is 2. The zero-order chi connectivity index (χ0) is 15.0. The standard InChI is InChI=1S/C17H16FNOS/c1-11-4-7-15-12(9-11)3-2-8-19(15)17(20)13-5-6-14(18)16(21)10-13/h4-7,9-10,21H,2-3,8H2,1H3. The molecule has 1 aliphatic rings. The number of aryl methyl sites for hydroxylation is 2. The molecule has 2 aromatic carbocycles. The van der Waals surface area contributed by atoms with Crippen LogP contribution in [0.25, 0.3) is 0 Å². The Kier molecular flexibility index (Phi) is 3.72. The Morgan fingerprint density at radius 2 is 2.05 bits per heavy atom. The number of hydrogen-bond donors (Lipinski definition) is 1. The summed E-state index contributed by atoms with van der Waals surface area (Å²) < 4.78 is 13.3. The minimum absolute atomic E-state index is 0.102. The maximum Gasteiger partial charge on any atom is 0.258 e. The van der Waals surface area contributed by atoms with Crippen molar-refractivity contribution in [1.29, 1.82) is 0 Å². The quantitative estimate of drug-likeness (QED) is 0.789. The summed E-state index contributed by atoms with van der Waals surface area (Å²) in [4.78, 5) is 14.7. The second-order valence-corrected chi connectivity index (χ2v) is 5.84. The van der Waals surface area contributed by atoms with Gasteiger partial charge >= 0.3 is 0 Å². The predicted octanol–water partition coefficient (Wildman–Crippen LogP) is 4.02. The molecule has 0 saturated carbocycles. The van der Waals surface area contributed by atoms with Crippen LogP contribution in [-0.2, 0) is 6.42 Å². The number of thiol groups is 1. The molecule has 0 radical (unpaired) electrons. The van der Waals surface area contributed by atoms with Crippen molar-refractivity contribution in [3.05, 3.63) is 58.9 Å². The average molecular weight is 301 g/mol. The maximum atomic E-state index is 13.3. The number of amides is 1. The van der Waals surface area contributed by atoms with Gasteiger partial charge in [-0.25, -0.2) is 4.39 Å². The van der Waals surface area contributed by atoms with Crippen molar-refractivity contribution in [3.8, 4) is 0 Å². The predicted molar refractivity (Wildman–Crippen MR) is 84.8 cm³/mol. The normalized spacial score (nSPS) is 14.0. The van der Waals surface area contributed by atoms with Crippen LogP contribution in [0.4, 0.5) is 10.1 Å². The summed E-state index contributed by atoms with van der Waals surface area (Å²) in [5, 5.41) is 0. The number of anilines is 1. The second-order valence-electron chi connectivity index (χ2n) is 5.36. The summed E-state index contributed by atoms with van der Waals surface area (Å²) in [7, 11) is 0. The second kappa shape index (κ2) is 5.53. The van der Waals surface area contributed by atoms with Crippen molar-refractivity contribution in [2.45, 2.75) is 24.7 Å². The van der Waals surface area contributed by atoms with Gasteiger partial charge in [-0.2, -0.15) is 0 Å². The van der Waals surface area contributed by atoms with Crippen LogP contribution in [0, 0.1) is 12.7 Å². The number of nitrogens with zero attached hydrogens (tertiary/aromatic N) is 1. The summed E-state index contributed by atoms with van der Waals surface area (Å²) in [6.45, 7) is 2.74. The van der Waals surface area contributed by atoms with E-state index in [1.807, 2.05) is 19.1 Å². The third-order valence-corrected chi connectivity index (χ3v) is 4.13. The summed E-state index contributed by atoms with van der Waals surface area (Å²) in [5.41, 5.74) is 3.82. The Labute approximate surface area is 129 Å². The molecule has 0 atom stereocenters. The monoisotopic (exact) mass is 301 g/mol. The van der Waals surface area contributed by atoms with E-state index >= 15 is 0 Å². The molecular weight excluding hydrogens is 285 g/mol. The van der Waals surface area contributed by atoms with Crippen LogP contribution in [0.15, 0.2) is 41.3 Å². The van der Waals surface area contributed by atoms with Crippen LogP contribution in [-0.4, -0.2) is 12.5 Å². The fraction of sp³-hybridized carbons (Fsp3) is 0.235. The number of fused-ring (bicyclic) bond motifs is 1. The van der Waals surface area contributed by atoms with Gasteiger partial charge in [0.1, 0.15) is 5.82 Å². The lowest BCUT2D eigenvalue weighted by Crippen LogP contribution is -2.35. The van der Waals surface area contributed by atoms with Gasteiger partial charge in [0.05, 0.1) is 0 Å². The minimum atomic E-state index is -0.412. The zero-order valence-corrected chi connectivity index (χ0v) is 12.7. The summed E-state index contributed by atoms with van der Waals surface area (Å²) in [6, 6.07) is 10.4. The van der Waals surface area contributed by atoms with E-state index in [0.717, 1.165) is 18.5 Å². The van der Waals surface area contributed by atoms with Crippen LogP contribution < -0.4 is 4.90 Å². The fourth-order valence-corrected chi connectivity index (χ4v) is 2.95. The molecule has 0 aromatic heterocycles. The topological polar surface area (TPSA) is 20.3 Å². The van der Waals surface area contributed by atoms with Crippen LogP contribution in [0.5, 0.6) is 0 Å². The summed E-state index contributed by atoms with van der Waals surface area (Å²) in [6.07, 6.45) is 1.93. The summed E-state index contributed by atoms with van der Waals surface area (Å²) in [5.74, 6) is -0.514. The van der Waals surface area contributed by atoms with Gasteiger partial charge in [-0.3, -0.25) is 4.79 Å².